The maximum absolute atomic E-state index is 5.41. The number of hydrogen-bond donors (Lipinski definition) is 1. The molecular formula is C14H21ClN6O. The second kappa shape index (κ2) is 6.36. The topological polar surface area (TPSA) is 72.0 Å². The molecule has 1 saturated carbocycles. The summed E-state index contributed by atoms with van der Waals surface area (Å²) < 4.78 is 7.49. The molecule has 22 heavy (non-hydrogen) atoms. The van der Waals surface area contributed by atoms with Gasteiger partial charge in [-0.3, -0.25) is 4.90 Å². The second-order valence-corrected chi connectivity index (χ2v) is 5.91. The van der Waals surface area contributed by atoms with E-state index in [1.54, 1.807) is 0 Å². The number of halogens is 1. The Bertz CT molecular complexity index is 622. The quantitative estimate of drug-likeness (QED) is 0.912. The van der Waals surface area contributed by atoms with Crippen molar-refractivity contribution >= 4 is 12.4 Å². The smallest absolute Gasteiger partial charge is 0.240 e. The van der Waals surface area contributed by atoms with Gasteiger partial charge in [0.2, 0.25) is 5.89 Å². The molecule has 0 radical (unpaired) electrons. The molecule has 120 valence electrons. The summed E-state index contributed by atoms with van der Waals surface area (Å²) in [6, 6.07) is 0.245. The van der Waals surface area contributed by atoms with Crippen LogP contribution >= 0.6 is 12.4 Å². The zero-order valence-corrected chi connectivity index (χ0v) is 13.4. The Balaban J connectivity index is 0.00000144. The maximum Gasteiger partial charge on any atom is 0.240 e. The van der Waals surface area contributed by atoms with Crippen molar-refractivity contribution < 1.29 is 4.52 Å². The number of aryl methyl sites for hydroxylation is 1. The Kier molecular flexibility index (Phi) is 4.46. The lowest BCUT2D eigenvalue weighted by Crippen LogP contribution is -2.46. The van der Waals surface area contributed by atoms with E-state index in [2.05, 4.69) is 29.9 Å². The fraction of sp³-hybridized carbons (Fsp3) is 0.643. The molecule has 1 aliphatic carbocycles. The van der Waals surface area contributed by atoms with E-state index in [1.807, 2.05) is 19.4 Å². The molecule has 2 aliphatic rings. The lowest BCUT2D eigenvalue weighted by Gasteiger charge is -2.34. The van der Waals surface area contributed by atoms with Crippen molar-refractivity contribution in [2.24, 2.45) is 7.05 Å². The summed E-state index contributed by atoms with van der Waals surface area (Å²) in [5.74, 6) is 3.21. The number of aromatic nitrogens is 4. The fourth-order valence-electron chi connectivity index (χ4n) is 2.90. The molecule has 2 fully saturated rings. The Hall–Kier alpha value is -1.44. The van der Waals surface area contributed by atoms with Gasteiger partial charge in [0.05, 0.1) is 12.6 Å². The molecule has 2 aromatic rings. The van der Waals surface area contributed by atoms with E-state index in [0.717, 1.165) is 37.2 Å². The highest BCUT2D eigenvalue weighted by molar-refractivity contribution is 5.85. The lowest BCUT2D eigenvalue weighted by atomic mass is 10.1. The SMILES string of the molecule is Cl.Cn1ccnc1C1CNCCN1Cc1nc(C2CC2)no1. The highest BCUT2D eigenvalue weighted by Gasteiger charge is 2.31. The van der Waals surface area contributed by atoms with Crippen LogP contribution in [0.5, 0.6) is 0 Å². The fourth-order valence-corrected chi connectivity index (χ4v) is 2.90. The summed E-state index contributed by atoms with van der Waals surface area (Å²) in [5, 5.41) is 7.54. The van der Waals surface area contributed by atoms with Crippen molar-refractivity contribution in [1.82, 2.24) is 29.9 Å². The normalized spacial score (nSPS) is 22.5. The molecule has 0 amide bonds. The monoisotopic (exact) mass is 324 g/mol. The summed E-state index contributed by atoms with van der Waals surface area (Å²) in [5.41, 5.74) is 0. The zero-order chi connectivity index (χ0) is 14.2. The van der Waals surface area contributed by atoms with Crippen LogP contribution in [0.4, 0.5) is 0 Å². The largest absolute Gasteiger partial charge is 0.338 e. The summed E-state index contributed by atoms with van der Waals surface area (Å²) in [6.07, 6.45) is 6.23. The number of rotatable bonds is 4. The van der Waals surface area contributed by atoms with E-state index < -0.39 is 0 Å². The first-order valence-corrected chi connectivity index (χ1v) is 7.56. The van der Waals surface area contributed by atoms with E-state index in [-0.39, 0.29) is 18.4 Å². The van der Waals surface area contributed by atoms with Gasteiger partial charge in [0.15, 0.2) is 5.82 Å². The average molecular weight is 325 g/mol. The van der Waals surface area contributed by atoms with E-state index in [1.165, 1.54) is 12.8 Å². The van der Waals surface area contributed by atoms with Crippen LogP contribution in [0, 0.1) is 0 Å². The third kappa shape index (κ3) is 3.02. The van der Waals surface area contributed by atoms with Crippen LogP contribution in [0.3, 0.4) is 0 Å². The first-order valence-electron chi connectivity index (χ1n) is 7.56. The minimum Gasteiger partial charge on any atom is -0.338 e. The molecule has 2 aromatic heterocycles. The molecule has 7 nitrogen and oxygen atoms in total. The Morgan fingerprint density at radius 3 is 3.00 bits per heavy atom. The molecular weight excluding hydrogens is 304 g/mol. The molecule has 1 aliphatic heterocycles. The summed E-state index contributed by atoms with van der Waals surface area (Å²) >= 11 is 0. The van der Waals surface area contributed by atoms with Crippen molar-refractivity contribution in [2.45, 2.75) is 31.3 Å². The molecule has 1 unspecified atom stereocenters. The zero-order valence-electron chi connectivity index (χ0n) is 12.6. The van der Waals surface area contributed by atoms with E-state index in [0.29, 0.717) is 12.5 Å². The lowest BCUT2D eigenvalue weighted by molar-refractivity contribution is 0.128. The number of nitrogens with zero attached hydrogens (tertiary/aromatic N) is 5. The number of nitrogens with one attached hydrogen (secondary N) is 1. The third-order valence-electron chi connectivity index (χ3n) is 4.28. The highest BCUT2D eigenvalue weighted by Crippen LogP contribution is 2.38. The van der Waals surface area contributed by atoms with Crippen LogP contribution in [0.25, 0.3) is 0 Å². The minimum atomic E-state index is 0. The minimum absolute atomic E-state index is 0. The van der Waals surface area contributed by atoms with Gasteiger partial charge in [0.25, 0.3) is 0 Å². The Morgan fingerprint density at radius 1 is 1.41 bits per heavy atom. The molecule has 1 saturated heterocycles. The highest BCUT2D eigenvalue weighted by atomic mass is 35.5. The maximum atomic E-state index is 5.41. The summed E-state index contributed by atoms with van der Waals surface area (Å²) in [6.45, 7) is 3.52. The van der Waals surface area contributed by atoms with Gasteiger partial charge in [-0.05, 0) is 12.8 Å². The summed E-state index contributed by atoms with van der Waals surface area (Å²) in [7, 11) is 2.03. The van der Waals surface area contributed by atoms with Gasteiger partial charge in [-0.15, -0.1) is 12.4 Å². The van der Waals surface area contributed by atoms with E-state index in [4.69, 9.17) is 4.52 Å². The average Bonchev–Trinajstić information content (AvgIpc) is 3.10. The molecule has 3 heterocycles. The molecule has 0 spiro atoms. The molecule has 0 aromatic carbocycles. The van der Waals surface area contributed by atoms with Crippen molar-refractivity contribution in [2.75, 3.05) is 19.6 Å². The van der Waals surface area contributed by atoms with E-state index in [9.17, 15) is 0 Å². The van der Waals surface area contributed by atoms with Crippen molar-refractivity contribution in [3.8, 4) is 0 Å². The number of imidazole rings is 1. The second-order valence-electron chi connectivity index (χ2n) is 5.91. The molecule has 1 N–H and O–H groups in total. The third-order valence-corrected chi connectivity index (χ3v) is 4.28. The Labute approximate surface area is 135 Å². The van der Waals surface area contributed by atoms with Gasteiger partial charge in [0.1, 0.15) is 5.82 Å². The van der Waals surface area contributed by atoms with Crippen LogP contribution in [-0.4, -0.2) is 44.2 Å². The molecule has 0 bridgehead atoms. The number of hydrogen-bond acceptors (Lipinski definition) is 6. The molecule has 4 rings (SSSR count). The molecule has 1 atom stereocenters. The first-order chi connectivity index (χ1) is 10.3. The van der Waals surface area contributed by atoms with Crippen LogP contribution in [0.1, 0.15) is 42.3 Å². The van der Waals surface area contributed by atoms with Crippen molar-refractivity contribution in [1.29, 1.82) is 0 Å². The van der Waals surface area contributed by atoms with Crippen LogP contribution in [0.2, 0.25) is 0 Å². The van der Waals surface area contributed by atoms with Crippen LogP contribution in [-0.2, 0) is 13.6 Å². The van der Waals surface area contributed by atoms with Gasteiger partial charge in [-0.1, -0.05) is 5.16 Å². The van der Waals surface area contributed by atoms with Crippen LogP contribution < -0.4 is 5.32 Å². The van der Waals surface area contributed by atoms with Crippen molar-refractivity contribution in [3.63, 3.8) is 0 Å². The van der Waals surface area contributed by atoms with Crippen LogP contribution in [0.15, 0.2) is 16.9 Å². The first kappa shape index (κ1) is 15.5. The standard InChI is InChI=1S/C14H20N6O.ClH/c1-19-6-5-16-14(19)11-8-15-4-7-20(11)9-12-17-13(18-21-12)10-2-3-10;/h5-6,10-11,15H,2-4,7-9H2,1H3;1H. The Morgan fingerprint density at radius 2 is 2.27 bits per heavy atom. The van der Waals surface area contributed by atoms with Crippen molar-refractivity contribution in [3.05, 3.63) is 29.9 Å². The van der Waals surface area contributed by atoms with Gasteiger partial charge in [-0.2, -0.15) is 4.98 Å². The van der Waals surface area contributed by atoms with E-state index >= 15 is 0 Å². The predicted molar refractivity (Wildman–Crippen MR) is 82.7 cm³/mol. The summed E-state index contributed by atoms with van der Waals surface area (Å²) in [4.78, 5) is 11.4. The van der Waals surface area contributed by atoms with Gasteiger partial charge in [-0.25, -0.2) is 4.98 Å². The predicted octanol–water partition coefficient (Wildman–Crippen LogP) is 1.25. The van der Waals surface area contributed by atoms with Gasteiger partial charge >= 0.3 is 0 Å². The van der Waals surface area contributed by atoms with Gasteiger partial charge in [0, 0.05) is 45.0 Å². The van der Waals surface area contributed by atoms with Gasteiger partial charge < -0.3 is 14.4 Å². The molecule has 8 heteroatoms. The number of piperazine rings is 1.